The Morgan fingerprint density at radius 3 is 2.45 bits per heavy atom. The molecule has 1 aliphatic rings. The van der Waals surface area contributed by atoms with Crippen molar-refractivity contribution in [3.05, 3.63) is 59.7 Å². The third-order valence-electron chi connectivity index (χ3n) is 5.95. The summed E-state index contributed by atoms with van der Waals surface area (Å²) in [7, 11) is 3.49. The number of methoxy groups -OCH3 is 1. The van der Waals surface area contributed by atoms with Gasteiger partial charge in [0.05, 0.1) is 13.7 Å². The first-order valence-electron chi connectivity index (χ1n) is 11.0. The van der Waals surface area contributed by atoms with Crippen LogP contribution in [0, 0.1) is 6.92 Å². The molecule has 1 aliphatic heterocycles. The molecule has 0 bridgehead atoms. The summed E-state index contributed by atoms with van der Waals surface area (Å²) in [5.74, 6) is 2.57. The van der Waals surface area contributed by atoms with E-state index in [1.807, 2.05) is 30.3 Å². The number of hydrogen-bond donors (Lipinski definition) is 2. The van der Waals surface area contributed by atoms with Crippen molar-refractivity contribution in [3.63, 3.8) is 0 Å². The van der Waals surface area contributed by atoms with Crippen molar-refractivity contribution in [2.45, 2.75) is 38.2 Å². The lowest BCUT2D eigenvalue weighted by atomic mass is 9.74. The summed E-state index contributed by atoms with van der Waals surface area (Å²) in [4.78, 5) is 4.41. The Labute approximate surface area is 186 Å². The van der Waals surface area contributed by atoms with Gasteiger partial charge in [-0.2, -0.15) is 0 Å². The fourth-order valence-electron chi connectivity index (χ4n) is 3.94. The minimum atomic E-state index is 0.00537. The molecule has 31 heavy (non-hydrogen) atoms. The fourth-order valence-corrected chi connectivity index (χ4v) is 3.94. The van der Waals surface area contributed by atoms with Gasteiger partial charge in [-0.1, -0.05) is 30.3 Å². The maximum atomic E-state index is 6.07. The number of guanidine groups is 1. The number of nitrogens with one attached hydrogen (secondary N) is 2. The summed E-state index contributed by atoms with van der Waals surface area (Å²) in [6.07, 6.45) is 1.95. The summed E-state index contributed by atoms with van der Waals surface area (Å²) >= 11 is 0. The van der Waals surface area contributed by atoms with Gasteiger partial charge in [-0.15, -0.1) is 0 Å². The maximum Gasteiger partial charge on any atom is 0.191 e. The summed E-state index contributed by atoms with van der Waals surface area (Å²) in [5, 5.41) is 6.93. The molecular formula is C25H35N3O3. The molecule has 0 aromatic heterocycles. The van der Waals surface area contributed by atoms with Gasteiger partial charge >= 0.3 is 0 Å². The Kier molecular flexibility index (Phi) is 8.18. The third-order valence-corrected chi connectivity index (χ3v) is 5.95. The molecular weight excluding hydrogens is 390 g/mol. The largest absolute Gasteiger partial charge is 0.497 e. The minimum absolute atomic E-state index is 0.00537. The van der Waals surface area contributed by atoms with Crippen LogP contribution in [-0.2, 0) is 10.2 Å². The molecule has 0 radical (unpaired) electrons. The van der Waals surface area contributed by atoms with Crippen LogP contribution >= 0.6 is 0 Å². The number of nitrogens with zero attached hydrogens (tertiary/aromatic N) is 1. The fraction of sp³-hybridized carbons (Fsp3) is 0.480. The van der Waals surface area contributed by atoms with Crippen LogP contribution in [0.15, 0.2) is 53.5 Å². The molecule has 0 aliphatic carbocycles. The predicted molar refractivity (Wildman–Crippen MR) is 125 cm³/mol. The first-order valence-corrected chi connectivity index (χ1v) is 11.0. The molecule has 1 heterocycles. The lowest BCUT2D eigenvalue weighted by molar-refractivity contribution is 0.0513. The molecule has 0 spiro atoms. The van der Waals surface area contributed by atoms with Crippen molar-refractivity contribution in [2.75, 3.05) is 40.5 Å². The zero-order valence-corrected chi connectivity index (χ0v) is 19.1. The van der Waals surface area contributed by atoms with Crippen LogP contribution < -0.4 is 20.1 Å². The van der Waals surface area contributed by atoms with Gasteiger partial charge in [-0.05, 0) is 56.0 Å². The highest BCUT2D eigenvalue weighted by atomic mass is 16.5. The monoisotopic (exact) mass is 425 g/mol. The van der Waals surface area contributed by atoms with Gasteiger partial charge in [0.1, 0.15) is 17.6 Å². The van der Waals surface area contributed by atoms with Gasteiger partial charge in [0.25, 0.3) is 0 Å². The van der Waals surface area contributed by atoms with Crippen molar-refractivity contribution in [2.24, 2.45) is 4.99 Å². The van der Waals surface area contributed by atoms with Gasteiger partial charge in [0.2, 0.25) is 0 Å². The Bertz CT molecular complexity index is 845. The highest BCUT2D eigenvalue weighted by Crippen LogP contribution is 2.35. The molecule has 1 unspecified atom stereocenters. The highest BCUT2D eigenvalue weighted by Gasteiger charge is 2.34. The number of ether oxygens (including phenoxy) is 3. The topological polar surface area (TPSA) is 64.1 Å². The number of aryl methyl sites for hydroxylation is 1. The second-order valence-corrected chi connectivity index (χ2v) is 8.12. The summed E-state index contributed by atoms with van der Waals surface area (Å²) in [5.41, 5.74) is 2.44. The van der Waals surface area contributed by atoms with E-state index in [1.165, 1.54) is 5.56 Å². The quantitative estimate of drug-likeness (QED) is 0.499. The highest BCUT2D eigenvalue weighted by molar-refractivity contribution is 5.79. The second kappa shape index (κ2) is 11.0. The van der Waals surface area contributed by atoms with E-state index in [1.54, 1.807) is 14.2 Å². The SMILES string of the molecule is CN=C(NCC(C)Oc1ccccc1C)NCC1(c2ccc(OC)cc2)CCOCC1. The number of rotatable bonds is 8. The van der Waals surface area contributed by atoms with Crippen molar-refractivity contribution in [1.29, 1.82) is 0 Å². The van der Waals surface area contributed by atoms with Crippen LogP contribution in [0.2, 0.25) is 0 Å². The van der Waals surface area contributed by atoms with Gasteiger partial charge in [-0.25, -0.2) is 0 Å². The second-order valence-electron chi connectivity index (χ2n) is 8.12. The Morgan fingerprint density at radius 1 is 1.10 bits per heavy atom. The first kappa shape index (κ1) is 22.9. The van der Waals surface area contributed by atoms with Gasteiger partial charge in [0.15, 0.2) is 5.96 Å². The molecule has 6 heteroatoms. The molecule has 2 aromatic rings. The van der Waals surface area contributed by atoms with E-state index in [0.29, 0.717) is 6.54 Å². The van der Waals surface area contributed by atoms with Crippen molar-refractivity contribution < 1.29 is 14.2 Å². The van der Waals surface area contributed by atoms with Gasteiger partial charge in [-0.3, -0.25) is 4.99 Å². The van der Waals surface area contributed by atoms with E-state index >= 15 is 0 Å². The summed E-state index contributed by atoms with van der Waals surface area (Å²) in [6, 6.07) is 16.5. The van der Waals surface area contributed by atoms with Crippen LogP contribution in [0.4, 0.5) is 0 Å². The summed E-state index contributed by atoms with van der Waals surface area (Å²) < 4.78 is 17.1. The number of hydrogen-bond acceptors (Lipinski definition) is 4. The minimum Gasteiger partial charge on any atom is -0.497 e. The molecule has 2 aromatic carbocycles. The molecule has 168 valence electrons. The predicted octanol–water partition coefficient (Wildman–Crippen LogP) is 3.68. The standard InChI is InChI=1S/C25H35N3O3/c1-19-7-5-6-8-23(19)31-20(2)17-27-24(26-3)28-18-25(13-15-30-16-14-25)21-9-11-22(29-4)12-10-21/h5-12,20H,13-18H2,1-4H3,(H2,26,27,28). The molecule has 0 saturated carbocycles. The molecule has 2 N–H and O–H groups in total. The van der Waals surface area contributed by atoms with E-state index < -0.39 is 0 Å². The lowest BCUT2D eigenvalue weighted by Gasteiger charge is -2.38. The zero-order chi connectivity index (χ0) is 22.1. The molecule has 1 atom stereocenters. The van der Waals surface area contributed by atoms with Crippen LogP contribution in [0.5, 0.6) is 11.5 Å². The third kappa shape index (κ3) is 6.14. The number of aliphatic imine (C=N–C) groups is 1. The zero-order valence-electron chi connectivity index (χ0n) is 19.1. The molecule has 1 saturated heterocycles. The average molecular weight is 426 g/mol. The van der Waals surface area contributed by atoms with E-state index in [-0.39, 0.29) is 11.5 Å². The van der Waals surface area contributed by atoms with Crippen LogP contribution in [0.25, 0.3) is 0 Å². The normalized spacial score (nSPS) is 17.0. The van der Waals surface area contributed by atoms with E-state index in [4.69, 9.17) is 14.2 Å². The number of benzene rings is 2. The van der Waals surface area contributed by atoms with Crippen LogP contribution in [-0.4, -0.2) is 52.5 Å². The van der Waals surface area contributed by atoms with Crippen LogP contribution in [0.3, 0.4) is 0 Å². The molecule has 6 nitrogen and oxygen atoms in total. The summed E-state index contributed by atoms with van der Waals surface area (Å²) in [6.45, 7) is 7.09. The Hall–Kier alpha value is -2.73. The Balaban J connectivity index is 1.58. The van der Waals surface area contributed by atoms with E-state index in [0.717, 1.165) is 55.6 Å². The van der Waals surface area contributed by atoms with E-state index in [9.17, 15) is 0 Å². The van der Waals surface area contributed by atoms with E-state index in [2.05, 4.69) is 47.7 Å². The molecule has 3 rings (SSSR count). The molecule has 0 amide bonds. The van der Waals surface area contributed by atoms with Crippen molar-refractivity contribution in [1.82, 2.24) is 10.6 Å². The maximum absolute atomic E-state index is 6.07. The van der Waals surface area contributed by atoms with Gasteiger partial charge in [0, 0.05) is 32.2 Å². The number of para-hydroxylation sites is 1. The van der Waals surface area contributed by atoms with Crippen molar-refractivity contribution in [3.8, 4) is 11.5 Å². The Morgan fingerprint density at radius 2 is 1.81 bits per heavy atom. The molecule has 1 fully saturated rings. The first-order chi connectivity index (χ1) is 15.1. The average Bonchev–Trinajstić information content (AvgIpc) is 2.81. The smallest absolute Gasteiger partial charge is 0.191 e. The van der Waals surface area contributed by atoms with Gasteiger partial charge < -0.3 is 24.8 Å². The van der Waals surface area contributed by atoms with Crippen LogP contribution in [0.1, 0.15) is 30.9 Å². The lowest BCUT2D eigenvalue weighted by Crippen LogP contribution is -2.49. The van der Waals surface area contributed by atoms with Crippen molar-refractivity contribution >= 4 is 5.96 Å².